The molecule has 0 aliphatic heterocycles. The standard InChI is InChI=1S/C46H63N3O18/c1-10-33(50)60-22-42(7,23-61-34(51)11-2)47-39(56)59-20-32-30-16-45(28-66-40(57)48-43(8,24-62-35(52)12-3)25-63-36(53)13-4)17-31(32)19-46(18-30,21-45)29-67-41(58)49-44(9,26-64-37(54)14-5)27-65-38(55)15-6/h10-14,30-32H,1-5,15-29H2,6-9H3,(H,47,56)(H,48,57)(H,49,58). The molecular formula is C46H63N3O18. The zero-order chi connectivity index (χ0) is 50.1. The highest BCUT2D eigenvalue weighted by Crippen LogP contribution is 2.67. The summed E-state index contributed by atoms with van der Waals surface area (Å²) >= 11 is 0. The first kappa shape index (κ1) is 54.7. The van der Waals surface area contributed by atoms with Gasteiger partial charge in [0.2, 0.25) is 0 Å². The lowest BCUT2D eigenvalue weighted by atomic mass is 9.41. The molecule has 3 unspecified atom stereocenters. The van der Waals surface area contributed by atoms with E-state index in [0.29, 0.717) is 32.1 Å². The van der Waals surface area contributed by atoms with E-state index in [-0.39, 0.29) is 70.4 Å². The van der Waals surface area contributed by atoms with Crippen molar-refractivity contribution in [2.45, 2.75) is 82.8 Å². The Balaban J connectivity index is 1.84. The Morgan fingerprint density at radius 1 is 0.478 bits per heavy atom. The highest BCUT2D eigenvalue weighted by molar-refractivity contribution is 5.83. The molecule has 4 bridgehead atoms. The maximum atomic E-state index is 13.5. The molecule has 4 aliphatic rings. The summed E-state index contributed by atoms with van der Waals surface area (Å²) in [6.07, 6.45) is 4.66. The molecule has 67 heavy (non-hydrogen) atoms. The summed E-state index contributed by atoms with van der Waals surface area (Å²) in [4.78, 5) is 112. The van der Waals surface area contributed by atoms with E-state index in [1.54, 1.807) is 6.92 Å². The third kappa shape index (κ3) is 16.9. The molecule has 0 aromatic heterocycles. The van der Waals surface area contributed by atoms with Crippen molar-refractivity contribution in [3.8, 4) is 0 Å². The first-order valence-electron chi connectivity index (χ1n) is 21.5. The van der Waals surface area contributed by atoms with E-state index < -0.39 is 94.8 Å². The number of hydrogen-bond donors (Lipinski definition) is 3. The molecule has 0 radical (unpaired) electrons. The predicted octanol–water partition coefficient (Wildman–Crippen LogP) is 3.85. The lowest BCUT2D eigenvalue weighted by Gasteiger charge is -2.64. The van der Waals surface area contributed by atoms with Gasteiger partial charge in [-0.15, -0.1) is 0 Å². The van der Waals surface area contributed by atoms with E-state index in [9.17, 15) is 43.2 Å². The van der Waals surface area contributed by atoms with E-state index in [1.165, 1.54) is 20.8 Å². The van der Waals surface area contributed by atoms with Crippen molar-refractivity contribution in [2.24, 2.45) is 28.6 Å². The number of alkyl carbamates (subject to hydrolysis) is 3. The number of amides is 3. The topological polar surface area (TPSA) is 273 Å². The van der Waals surface area contributed by atoms with E-state index in [4.69, 9.17) is 42.6 Å². The van der Waals surface area contributed by atoms with Crippen LogP contribution in [0.5, 0.6) is 0 Å². The van der Waals surface area contributed by atoms with Gasteiger partial charge in [0.25, 0.3) is 0 Å². The number of hydrogen-bond acceptors (Lipinski definition) is 18. The maximum absolute atomic E-state index is 13.5. The number of ether oxygens (including phenoxy) is 9. The second-order valence-corrected chi connectivity index (χ2v) is 18.1. The quantitative estimate of drug-likeness (QED) is 0.0599. The molecule has 21 nitrogen and oxygen atoms in total. The average Bonchev–Trinajstić information content (AvgIpc) is 3.30. The lowest BCUT2D eigenvalue weighted by Crippen LogP contribution is -2.61. The average molecular weight is 946 g/mol. The van der Waals surface area contributed by atoms with Crippen LogP contribution in [0.2, 0.25) is 0 Å². The highest BCUT2D eigenvalue weighted by atomic mass is 16.6. The minimum Gasteiger partial charge on any atom is -0.463 e. The summed E-state index contributed by atoms with van der Waals surface area (Å²) in [6, 6.07) is 0. The fourth-order valence-corrected chi connectivity index (χ4v) is 8.81. The number of nitrogens with one attached hydrogen (secondary N) is 3. The molecule has 3 amide bonds. The van der Waals surface area contributed by atoms with Gasteiger partial charge in [-0.25, -0.2) is 38.4 Å². The van der Waals surface area contributed by atoms with E-state index >= 15 is 0 Å². The number of carbonyl (C=O) groups is 9. The highest BCUT2D eigenvalue weighted by Gasteiger charge is 2.62. The molecule has 0 heterocycles. The van der Waals surface area contributed by atoms with Crippen LogP contribution in [-0.2, 0) is 71.4 Å². The monoisotopic (exact) mass is 945 g/mol. The Morgan fingerprint density at radius 2 is 0.761 bits per heavy atom. The van der Waals surface area contributed by atoms with Gasteiger partial charge in [-0.05, 0) is 70.6 Å². The van der Waals surface area contributed by atoms with Gasteiger partial charge in [-0.3, -0.25) is 4.79 Å². The molecule has 0 aromatic rings. The normalized spacial score (nSPS) is 22.1. The second kappa shape index (κ2) is 24.2. The smallest absolute Gasteiger partial charge is 0.407 e. The summed E-state index contributed by atoms with van der Waals surface area (Å²) in [5.41, 5.74) is -5.50. The summed E-state index contributed by atoms with van der Waals surface area (Å²) < 4.78 is 48.5. The van der Waals surface area contributed by atoms with Crippen LogP contribution in [0, 0.1) is 28.6 Å². The van der Waals surface area contributed by atoms with Crippen molar-refractivity contribution in [3.63, 3.8) is 0 Å². The number of esters is 6. The molecule has 4 fully saturated rings. The van der Waals surface area contributed by atoms with Gasteiger partial charge in [-0.1, -0.05) is 39.8 Å². The molecule has 4 saturated carbocycles. The van der Waals surface area contributed by atoms with Crippen molar-refractivity contribution in [3.05, 3.63) is 63.3 Å². The zero-order valence-electron chi connectivity index (χ0n) is 38.6. The Bertz CT molecular complexity index is 1870. The van der Waals surface area contributed by atoms with Crippen molar-refractivity contribution in [1.82, 2.24) is 16.0 Å². The SMILES string of the molecule is C=CC(=O)OCC(C)(COC(=O)C=C)NC(=O)OCC1C2CC3(COC(=O)NC(C)(COC(=O)C=C)COC(=O)C=C)CC1CC(COC(=O)NC(C)(COC(=O)C=C)COC(=O)CC)(C2)C3. The second-order valence-electron chi connectivity index (χ2n) is 18.1. The third-order valence-corrected chi connectivity index (χ3v) is 11.7. The van der Waals surface area contributed by atoms with Crippen molar-refractivity contribution in [2.75, 3.05) is 59.5 Å². The Kier molecular flexibility index (Phi) is 19.7. The van der Waals surface area contributed by atoms with Gasteiger partial charge in [0.05, 0.1) is 19.8 Å². The summed E-state index contributed by atoms with van der Waals surface area (Å²) in [6.45, 7) is 20.4. The minimum absolute atomic E-state index is 0.0472. The molecule has 0 saturated heterocycles. The fourth-order valence-electron chi connectivity index (χ4n) is 8.81. The Labute approximate surface area is 389 Å². The third-order valence-electron chi connectivity index (χ3n) is 11.7. The summed E-state index contributed by atoms with van der Waals surface area (Å²) in [5.74, 6) is -4.88. The van der Waals surface area contributed by atoms with Gasteiger partial charge >= 0.3 is 54.1 Å². The molecule has 0 spiro atoms. The first-order chi connectivity index (χ1) is 31.5. The Morgan fingerprint density at radius 3 is 1.04 bits per heavy atom. The zero-order valence-corrected chi connectivity index (χ0v) is 38.6. The largest absolute Gasteiger partial charge is 0.463 e. The molecule has 3 atom stereocenters. The van der Waals surface area contributed by atoms with E-state index in [1.807, 2.05) is 0 Å². The molecule has 4 rings (SSSR count). The summed E-state index contributed by atoms with van der Waals surface area (Å²) in [5, 5.41) is 7.93. The maximum Gasteiger partial charge on any atom is 0.407 e. The van der Waals surface area contributed by atoms with Crippen LogP contribution in [0.1, 0.15) is 66.2 Å². The van der Waals surface area contributed by atoms with Gasteiger partial charge in [0.1, 0.15) is 56.3 Å². The molecule has 4 aliphatic carbocycles. The number of rotatable bonds is 27. The van der Waals surface area contributed by atoms with Crippen molar-refractivity contribution < 1.29 is 85.8 Å². The van der Waals surface area contributed by atoms with Crippen LogP contribution in [0.25, 0.3) is 0 Å². The predicted molar refractivity (Wildman–Crippen MR) is 234 cm³/mol. The van der Waals surface area contributed by atoms with Crippen LogP contribution in [-0.4, -0.2) is 130 Å². The number of carbonyl (C=O) groups excluding carboxylic acids is 9. The van der Waals surface area contributed by atoms with Crippen LogP contribution in [0.15, 0.2) is 63.3 Å². The van der Waals surface area contributed by atoms with Crippen LogP contribution in [0.4, 0.5) is 14.4 Å². The van der Waals surface area contributed by atoms with Gasteiger partial charge in [0.15, 0.2) is 0 Å². The molecule has 3 N–H and O–H groups in total. The van der Waals surface area contributed by atoms with Crippen LogP contribution < -0.4 is 16.0 Å². The minimum atomic E-state index is -1.43. The van der Waals surface area contributed by atoms with Crippen LogP contribution >= 0.6 is 0 Å². The lowest BCUT2D eigenvalue weighted by molar-refractivity contribution is -0.180. The molecular weight excluding hydrogens is 883 g/mol. The Hall–Kier alpha value is -6.67. The van der Waals surface area contributed by atoms with Crippen molar-refractivity contribution >= 4 is 54.1 Å². The van der Waals surface area contributed by atoms with E-state index in [0.717, 1.165) is 30.4 Å². The van der Waals surface area contributed by atoms with Gasteiger partial charge in [0, 0.05) is 47.6 Å². The molecule has 21 heteroatoms. The van der Waals surface area contributed by atoms with Crippen LogP contribution in [0.3, 0.4) is 0 Å². The van der Waals surface area contributed by atoms with E-state index in [2.05, 4.69) is 48.8 Å². The van der Waals surface area contributed by atoms with Gasteiger partial charge in [-0.2, -0.15) is 0 Å². The molecule has 370 valence electrons. The first-order valence-corrected chi connectivity index (χ1v) is 21.5. The van der Waals surface area contributed by atoms with Gasteiger partial charge < -0.3 is 58.6 Å². The van der Waals surface area contributed by atoms with Crippen molar-refractivity contribution in [1.29, 1.82) is 0 Å². The summed E-state index contributed by atoms with van der Waals surface area (Å²) in [7, 11) is 0. The molecule has 0 aromatic carbocycles. The fraction of sp³-hybridized carbons (Fsp3) is 0.587.